The van der Waals surface area contributed by atoms with Crippen LogP contribution in [0.25, 0.3) is 0 Å². The molecule has 0 aromatic heterocycles. The number of halogens is 1. The molecule has 4 atom stereocenters. The zero-order chi connectivity index (χ0) is 19.9. The first kappa shape index (κ1) is 19.8. The molecule has 3 aliphatic rings. The van der Waals surface area contributed by atoms with E-state index in [-0.39, 0.29) is 43.8 Å². The zero-order valence-corrected chi connectivity index (χ0v) is 16.9. The summed E-state index contributed by atoms with van der Waals surface area (Å²) in [4.78, 5) is 12.3. The maximum Gasteiger partial charge on any atom is 0.251 e. The van der Waals surface area contributed by atoms with Gasteiger partial charge in [0.25, 0.3) is 5.91 Å². The third-order valence-electron chi connectivity index (χ3n) is 6.58. The van der Waals surface area contributed by atoms with Gasteiger partial charge < -0.3 is 10.1 Å². The van der Waals surface area contributed by atoms with Gasteiger partial charge in [0.1, 0.15) is 10.7 Å². The lowest BCUT2D eigenvalue weighted by atomic mass is 9.84. The molecular weight excluding hydrogens is 383 g/mol. The van der Waals surface area contributed by atoms with Crippen molar-refractivity contribution in [3.05, 3.63) is 29.6 Å². The van der Waals surface area contributed by atoms with Crippen LogP contribution in [0, 0.1) is 23.6 Å². The molecule has 4 rings (SSSR count). The SMILES string of the molecule is C[C@H](NC(=O)c1ccc(F)c(S(=O)(=O)N2CCOCC2)c1)[C@H]1C[C@@H]2CC[C@H]1C2. The van der Waals surface area contributed by atoms with Crippen molar-refractivity contribution in [3.8, 4) is 0 Å². The molecule has 8 heteroatoms. The Hall–Kier alpha value is -1.51. The first-order valence-corrected chi connectivity index (χ1v) is 11.5. The third kappa shape index (κ3) is 3.69. The minimum atomic E-state index is -4.00. The van der Waals surface area contributed by atoms with Gasteiger partial charge in [-0.3, -0.25) is 4.79 Å². The number of fused-ring (bicyclic) bond motifs is 2. The van der Waals surface area contributed by atoms with Gasteiger partial charge in [0.05, 0.1) is 13.2 Å². The summed E-state index contributed by atoms with van der Waals surface area (Å²) in [6, 6.07) is 3.58. The van der Waals surface area contributed by atoms with Gasteiger partial charge in [0.15, 0.2) is 0 Å². The van der Waals surface area contributed by atoms with E-state index in [0.29, 0.717) is 11.8 Å². The van der Waals surface area contributed by atoms with Gasteiger partial charge in [-0.1, -0.05) is 6.42 Å². The molecule has 2 saturated carbocycles. The molecule has 2 aliphatic carbocycles. The lowest BCUT2D eigenvalue weighted by Crippen LogP contribution is -2.41. The fraction of sp³-hybridized carbons (Fsp3) is 0.650. The fourth-order valence-corrected chi connectivity index (χ4v) is 6.57. The number of amides is 1. The van der Waals surface area contributed by atoms with Crippen molar-refractivity contribution in [2.24, 2.45) is 17.8 Å². The molecule has 1 amide bonds. The molecule has 1 aliphatic heterocycles. The minimum Gasteiger partial charge on any atom is -0.379 e. The summed E-state index contributed by atoms with van der Waals surface area (Å²) in [7, 11) is -4.00. The molecular formula is C20H27FN2O4S. The highest BCUT2D eigenvalue weighted by Gasteiger charge is 2.42. The third-order valence-corrected chi connectivity index (χ3v) is 8.49. The lowest BCUT2D eigenvalue weighted by Gasteiger charge is -2.28. The maximum absolute atomic E-state index is 14.3. The minimum absolute atomic E-state index is 0.0205. The van der Waals surface area contributed by atoms with Crippen molar-refractivity contribution in [3.63, 3.8) is 0 Å². The Bertz CT molecular complexity index is 854. The predicted octanol–water partition coefficient (Wildman–Crippen LogP) is 2.40. The Morgan fingerprint density at radius 1 is 1.25 bits per heavy atom. The molecule has 28 heavy (non-hydrogen) atoms. The topological polar surface area (TPSA) is 75.7 Å². The Morgan fingerprint density at radius 3 is 2.64 bits per heavy atom. The number of nitrogens with zero attached hydrogens (tertiary/aromatic N) is 1. The number of carbonyl (C=O) groups excluding carboxylic acids is 1. The van der Waals surface area contributed by atoms with Crippen LogP contribution in [0.4, 0.5) is 4.39 Å². The average molecular weight is 411 g/mol. The number of benzene rings is 1. The second kappa shape index (κ2) is 7.72. The molecule has 0 spiro atoms. The van der Waals surface area contributed by atoms with E-state index in [9.17, 15) is 17.6 Å². The first-order chi connectivity index (χ1) is 13.4. The second-order valence-corrected chi connectivity index (χ2v) is 10.2. The van der Waals surface area contributed by atoms with E-state index >= 15 is 0 Å². The molecule has 0 radical (unpaired) electrons. The van der Waals surface area contributed by atoms with E-state index in [1.807, 2.05) is 6.92 Å². The number of nitrogens with one attached hydrogen (secondary N) is 1. The highest BCUT2D eigenvalue weighted by Crippen LogP contribution is 2.49. The van der Waals surface area contributed by atoms with Gasteiger partial charge in [0.2, 0.25) is 10.0 Å². The Labute approximate surface area is 165 Å². The van der Waals surface area contributed by atoms with Gasteiger partial charge in [-0.2, -0.15) is 4.31 Å². The first-order valence-electron chi connectivity index (χ1n) is 10.0. The largest absolute Gasteiger partial charge is 0.379 e. The number of carbonyl (C=O) groups is 1. The summed E-state index contributed by atoms with van der Waals surface area (Å²) in [6.07, 6.45) is 4.92. The molecule has 1 saturated heterocycles. The number of ether oxygens (including phenoxy) is 1. The van der Waals surface area contributed by atoms with Gasteiger partial charge in [0, 0.05) is 24.7 Å². The smallest absolute Gasteiger partial charge is 0.251 e. The van der Waals surface area contributed by atoms with Crippen molar-refractivity contribution in [1.29, 1.82) is 0 Å². The van der Waals surface area contributed by atoms with Gasteiger partial charge in [-0.05, 0) is 62.1 Å². The highest BCUT2D eigenvalue weighted by atomic mass is 32.2. The number of morpholine rings is 1. The predicted molar refractivity (Wildman–Crippen MR) is 102 cm³/mol. The van der Waals surface area contributed by atoms with Crippen LogP contribution in [0.5, 0.6) is 0 Å². The van der Waals surface area contributed by atoms with Crippen LogP contribution in [-0.4, -0.2) is 51.0 Å². The number of sulfonamides is 1. The van der Waals surface area contributed by atoms with E-state index in [0.717, 1.165) is 24.5 Å². The molecule has 154 valence electrons. The van der Waals surface area contributed by atoms with Crippen molar-refractivity contribution in [1.82, 2.24) is 9.62 Å². The number of hydrogen-bond donors (Lipinski definition) is 1. The van der Waals surface area contributed by atoms with E-state index in [2.05, 4.69) is 5.32 Å². The summed E-state index contributed by atoms with van der Waals surface area (Å²) in [5, 5.41) is 3.01. The summed E-state index contributed by atoms with van der Waals surface area (Å²) in [5.74, 6) is 0.730. The normalized spacial score (nSPS) is 29.0. The molecule has 1 N–H and O–H groups in total. The van der Waals surface area contributed by atoms with E-state index < -0.39 is 20.7 Å². The van der Waals surface area contributed by atoms with E-state index in [1.165, 1.54) is 29.6 Å². The number of rotatable bonds is 5. The summed E-state index contributed by atoms with van der Waals surface area (Å²) < 4.78 is 46.3. The van der Waals surface area contributed by atoms with E-state index in [1.54, 1.807) is 0 Å². The summed E-state index contributed by atoms with van der Waals surface area (Å²) >= 11 is 0. The lowest BCUT2D eigenvalue weighted by molar-refractivity contribution is 0.0729. The van der Waals surface area contributed by atoms with Crippen molar-refractivity contribution < 1.29 is 22.3 Å². The molecule has 1 aromatic carbocycles. The van der Waals surface area contributed by atoms with Crippen LogP contribution < -0.4 is 5.32 Å². The van der Waals surface area contributed by atoms with Crippen molar-refractivity contribution in [2.75, 3.05) is 26.3 Å². The Balaban J connectivity index is 1.50. The van der Waals surface area contributed by atoms with Crippen LogP contribution in [-0.2, 0) is 14.8 Å². The molecule has 1 heterocycles. The van der Waals surface area contributed by atoms with Crippen LogP contribution in [0.2, 0.25) is 0 Å². The molecule has 0 unspecified atom stereocenters. The molecule has 1 aromatic rings. The summed E-state index contributed by atoms with van der Waals surface area (Å²) in [5.41, 5.74) is 0.170. The van der Waals surface area contributed by atoms with Gasteiger partial charge in [-0.15, -0.1) is 0 Å². The molecule has 2 bridgehead atoms. The average Bonchev–Trinajstić information content (AvgIpc) is 3.32. The maximum atomic E-state index is 14.3. The second-order valence-electron chi connectivity index (χ2n) is 8.26. The monoisotopic (exact) mass is 410 g/mol. The summed E-state index contributed by atoms with van der Waals surface area (Å²) in [6.45, 7) is 2.93. The van der Waals surface area contributed by atoms with Crippen molar-refractivity contribution >= 4 is 15.9 Å². The van der Waals surface area contributed by atoms with Crippen molar-refractivity contribution in [2.45, 2.75) is 43.5 Å². The zero-order valence-electron chi connectivity index (χ0n) is 16.1. The van der Waals surface area contributed by atoms with Gasteiger partial charge >= 0.3 is 0 Å². The quantitative estimate of drug-likeness (QED) is 0.809. The van der Waals surface area contributed by atoms with Gasteiger partial charge in [-0.25, -0.2) is 12.8 Å². The Kier molecular flexibility index (Phi) is 5.46. The standard InChI is InChI=1S/C20H27FN2O4S/c1-13(17-11-14-2-3-15(17)10-14)22-20(24)16-4-5-18(21)19(12-16)28(25,26)23-6-8-27-9-7-23/h4-5,12-15,17H,2-3,6-11H2,1H3,(H,22,24)/t13-,14+,15-,17+/m0/s1. The highest BCUT2D eigenvalue weighted by molar-refractivity contribution is 7.89. The number of hydrogen-bond acceptors (Lipinski definition) is 4. The Morgan fingerprint density at radius 2 is 2.00 bits per heavy atom. The van der Waals surface area contributed by atoms with Crippen LogP contribution >= 0.6 is 0 Å². The van der Waals surface area contributed by atoms with E-state index in [4.69, 9.17) is 4.74 Å². The fourth-order valence-electron chi connectivity index (χ4n) is 5.07. The van der Waals surface area contributed by atoms with Crippen LogP contribution in [0.1, 0.15) is 43.0 Å². The molecule has 3 fully saturated rings. The van der Waals surface area contributed by atoms with Crippen LogP contribution in [0.15, 0.2) is 23.1 Å². The molecule has 6 nitrogen and oxygen atoms in total. The van der Waals surface area contributed by atoms with Crippen LogP contribution in [0.3, 0.4) is 0 Å².